The zero-order valence-electron chi connectivity index (χ0n) is 21.8. The Morgan fingerprint density at radius 3 is 2.62 bits per heavy atom. The number of nitrogens with one attached hydrogen (secondary N) is 1. The van der Waals surface area contributed by atoms with Crippen LogP contribution >= 0.6 is 38.9 Å². The maximum Gasteiger partial charge on any atom is 0.433 e. The van der Waals surface area contributed by atoms with E-state index in [4.69, 9.17) is 22.1 Å². The van der Waals surface area contributed by atoms with Gasteiger partial charge in [0.1, 0.15) is 21.2 Å². The number of pyridine rings is 1. The first kappa shape index (κ1) is 29.5. The first-order valence-corrected chi connectivity index (χ1v) is 14.2. The van der Waals surface area contributed by atoms with E-state index in [1.807, 2.05) is 6.92 Å². The highest BCUT2D eigenvalue weighted by Gasteiger charge is 2.35. The summed E-state index contributed by atoms with van der Waals surface area (Å²) in [6.07, 6.45) is -1.85. The molecule has 0 aliphatic heterocycles. The third-order valence-corrected chi connectivity index (χ3v) is 8.11. The number of halogens is 5. The molecule has 16 heteroatoms. The largest absolute Gasteiger partial charge is 0.470 e. The summed E-state index contributed by atoms with van der Waals surface area (Å²) in [7, 11) is 0. The van der Waals surface area contributed by atoms with E-state index in [0.29, 0.717) is 39.9 Å². The van der Waals surface area contributed by atoms with Crippen LogP contribution in [-0.4, -0.2) is 36.4 Å². The van der Waals surface area contributed by atoms with Gasteiger partial charge < -0.3 is 15.8 Å². The number of alkyl halides is 3. The molecule has 0 saturated heterocycles. The quantitative estimate of drug-likeness (QED) is 0.192. The summed E-state index contributed by atoms with van der Waals surface area (Å²) in [5.74, 6) is -1.28. The Hall–Kier alpha value is -3.95. The standard InChI is InChI=1S/C26H20BrClF3N7O3S/c1-3-38-12(2)15(10-33-38)14-9-19(26(29,30)31)34-25-20(14)21(22(42-25)23(32)39)35-24(40)17-6-7-37(36-17)11-41-18-5-4-13(27)8-16(18)28/h4-10H,3,11H2,1-2H3,(H2,32,39)(H,35,40). The van der Waals surface area contributed by atoms with Crippen molar-refractivity contribution in [2.75, 3.05) is 5.32 Å². The van der Waals surface area contributed by atoms with Crippen molar-refractivity contribution in [3.05, 3.63) is 74.2 Å². The van der Waals surface area contributed by atoms with Crippen LogP contribution in [0, 0.1) is 6.92 Å². The number of rotatable bonds is 8. The lowest BCUT2D eigenvalue weighted by Gasteiger charge is -2.12. The zero-order valence-corrected chi connectivity index (χ0v) is 25.0. The van der Waals surface area contributed by atoms with E-state index in [9.17, 15) is 22.8 Å². The molecule has 5 aromatic rings. The third kappa shape index (κ3) is 5.71. The first-order valence-electron chi connectivity index (χ1n) is 12.2. The molecule has 0 bridgehead atoms. The van der Waals surface area contributed by atoms with Gasteiger partial charge in [-0.2, -0.15) is 23.4 Å². The summed E-state index contributed by atoms with van der Waals surface area (Å²) in [5, 5.41) is 11.6. The second-order valence-corrected chi connectivity index (χ2v) is 11.2. The highest BCUT2D eigenvalue weighted by Crippen LogP contribution is 2.44. The minimum Gasteiger partial charge on any atom is -0.470 e. The second-order valence-electron chi connectivity index (χ2n) is 8.91. The number of anilines is 1. The Morgan fingerprint density at radius 1 is 1.21 bits per heavy atom. The predicted octanol–water partition coefficient (Wildman–Crippen LogP) is 6.51. The van der Waals surface area contributed by atoms with Gasteiger partial charge in [0.2, 0.25) is 0 Å². The summed E-state index contributed by atoms with van der Waals surface area (Å²) in [4.78, 5) is 29.1. The van der Waals surface area contributed by atoms with Gasteiger partial charge in [-0.1, -0.05) is 27.5 Å². The first-order chi connectivity index (χ1) is 19.9. The Morgan fingerprint density at radius 2 is 1.98 bits per heavy atom. The average molecular weight is 683 g/mol. The van der Waals surface area contributed by atoms with E-state index in [-0.39, 0.29) is 38.8 Å². The summed E-state index contributed by atoms with van der Waals surface area (Å²) < 4.78 is 50.9. The van der Waals surface area contributed by atoms with Crippen LogP contribution in [0.5, 0.6) is 5.75 Å². The van der Waals surface area contributed by atoms with Gasteiger partial charge >= 0.3 is 6.18 Å². The van der Waals surface area contributed by atoms with Crippen LogP contribution < -0.4 is 15.8 Å². The topological polar surface area (TPSA) is 130 Å². The van der Waals surface area contributed by atoms with Crippen LogP contribution in [0.25, 0.3) is 21.3 Å². The smallest absolute Gasteiger partial charge is 0.433 e. The van der Waals surface area contributed by atoms with E-state index in [1.165, 1.54) is 23.1 Å². The fourth-order valence-corrected chi connectivity index (χ4v) is 5.97. The Labute approximate surface area is 253 Å². The Kier molecular flexibility index (Phi) is 8.00. The van der Waals surface area contributed by atoms with E-state index in [2.05, 4.69) is 36.4 Å². The number of primary amides is 1. The van der Waals surface area contributed by atoms with Gasteiger partial charge in [0, 0.05) is 33.9 Å². The molecule has 4 heterocycles. The van der Waals surface area contributed by atoms with E-state index in [1.54, 1.807) is 29.8 Å². The molecule has 0 atom stereocenters. The van der Waals surface area contributed by atoms with E-state index < -0.39 is 23.7 Å². The van der Waals surface area contributed by atoms with Crippen LogP contribution in [0.15, 0.2) is 47.2 Å². The second kappa shape index (κ2) is 11.4. The summed E-state index contributed by atoms with van der Waals surface area (Å²) in [6.45, 7) is 3.96. The summed E-state index contributed by atoms with van der Waals surface area (Å²) in [6, 6.07) is 7.37. The number of hydrogen-bond acceptors (Lipinski definition) is 7. The van der Waals surface area contributed by atoms with Crippen molar-refractivity contribution in [2.45, 2.75) is 33.3 Å². The lowest BCUT2D eigenvalue weighted by molar-refractivity contribution is -0.140. The molecule has 0 aliphatic carbocycles. The highest BCUT2D eigenvalue weighted by atomic mass is 79.9. The van der Waals surface area contributed by atoms with Crippen molar-refractivity contribution >= 4 is 66.6 Å². The number of fused-ring (bicyclic) bond motifs is 1. The Balaban J connectivity index is 1.53. The normalized spacial score (nSPS) is 11.7. The number of amides is 2. The number of benzene rings is 1. The number of thiophene rings is 1. The van der Waals surface area contributed by atoms with Gasteiger partial charge in [0.25, 0.3) is 11.8 Å². The molecule has 10 nitrogen and oxygen atoms in total. The van der Waals surface area contributed by atoms with Crippen LogP contribution in [0.1, 0.15) is 38.5 Å². The summed E-state index contributed by atoms with van der Waals surface area (Å²) >= 11 is 10.1. The van der Waals surface area contributed by atoms with Gasteiger partial charge in [-0.3, -0.25) is 14.3 Å². The lowest BCUT2D eigenvalue weighted by Crippen LogP contribution is -2.18. The van der Waals surface area contributed by atoms with E-state index >= 15 is 0 Å². The van der Waals surface area contributed by atoms with Gasteiger partial charge in [0.05, 0.1) is 16.9 Å². The number of hydrogen-bond donors (Lipinski definition) is 2. The minimum absolute atomic E-state index is 0.0494. The fraction of sp³-hybridized carbons (Fsp3) is 0.192. The molecular weight excluding hydrogens is 663 g/mol. The monoisotopic (exact) mass is 681 g/mol. The molecule has 0 unspecified atom stereocenters. The number of nitrogens with zero attached hydrogens (tertiary/aromatic N) is 5. The Bertz CT molecular complexity index is 1850. The predicted molar refractivity (Wildman–Crippen MR) is 155 cm³/mol. The lowest BCUT2D eigenvalue weighted by atomic mass is 10.0. The van der Waals surface area contributed by atoms with Crippen molar-refractivity contribution in [3.63, 3.8) is 0 Å². The minimum atomic E-state index is -4.77. The maximum absolute atomic E-state index is 13.8. The zero-order chi connectivity index (χ0) is 30.3. The molecule has 1 aromatic carbocycles. The molecule has 4 aromatic heterocycles. The van der Waals surface area contributed by atoms with Crippen LogP contribution in [0.2, 0.25) is 5.02 Å². The molecular formula is C26H20BrClF3N7O3S. The molecule has 0 spiro atoms. The highest BCUT2D eigenvalue weighted by molar-refractivity contribution is 9.10. The SMILES string of the molecule is CCn1ncc(-c2cc(C(F)(F)F)nc3sc(C(N)=O)c(NC(=O)c4ccn(COc5ccc(Br)cc5Cl)n4)c23)c1C. The number of aromatic nitrogens is 5. The maximum atomic E-state index is 13.8. The summed E-state index contributed by atoms with van der Waals surface area (Å²) in [5.41, 5.74) is 5.37. The number of nitrogens with two attached hydrogens (primary N) is 1. The molecule has 5 rings (SSSR count). The molecule has 0 saturated carbocycles. The fourth-order valence-electron chi connectivity index (χ4n) is 4.24. The molecule has 218 valence electrons. The molecule has 0 radical (unpaired) electrons. The van der Waals surface area contributed by atoms with Crippen molar-refractivity contribution in [2.24, 2.45) is 5.73 Å². The van der Waals surface area contributed by atoms with Crippen molar-refractivity contribution < 1.29 is 27.5 Å². The van der Waals surface area contributed by atoms with Crippen molar-refractivity contribution in [3.8, 4) is 16.9 Å². The number of aryl methyl sites for hydroxylation is 1. The van der Waals surface area contributed by atoms with Crippen molar-refractivity contribution in [1.29, 1.82) is 0 Å². The molecule has 0 fully saturated rings. The van der Waals surface area contributed by atoms with Gasteiger partial charge in [-0.25, -0.2) is 9.67 Å². The third-order valence-electron chi connectivity index (χ3n) is 6.23. The van der Waals surface area contributed by atoms with Crippen LogP contribution in [0.3, 0.4) is 0 Å². The van der Waals surface area contributed by atoms with Gasteiger partial charge in [-0.15, -0.1) is 11.3 Å². The number of carbonyl (C=O) groups is 2. The van der Waals surface area contributed by atoms with E-state index in [0.717, 1.165) is 10.5 Å². The number of carbonyl (C=O) groups excluding carboxylic acids is 2. The molecule has 3 N–H and O–H groups in total. The molecule has 42 heavy (non-hydrogen) atoms. The van der Waals surface area contributed by atoms with Crippen molar-refractivity contribution in [1.82, 2.24) is 24.5 Å². The average Bonchev–Trinajstić information content (AvgIpc) is 3.64. The van der Waals surface area contributed by atoms with Crippen LogP contribution in [0.4, 0.5) is 18.9 Å². The molecule has 2 amide bonds. The molecule has 0 aliphatic rings. The van der Waals surface area contributed by atoms with Gasteiger partial charge in [-0.05, 0) is 49.7 Å². The van der Waals surface area contributed by atoms with Gasteiger partial charge in [0.15, 0.2) is 12.4 Å². The van der Waals surface area contributed by atoms with Crippen LogP contribution in [-0.2, 0) is 19.5 Å². The number of ether oxygens (including phenoxy) is 1.